The van der Waals surface area contributed by atoms with Crippen molar-refractivity contribution < 1.29 is 27.5 Å². The number of ether oxygens (including phenoxy) is 1. The fraction of sp³-hybridized carbons (Fsp3) is 0.385. The molecular weight excluding hydrogens is 355 g/mol. The Hall–Kier alpha value is -1.57. The van der Waals surface area contributed by atoms with E-state index < -0.39 is 36.1 Å². The number of rotatable bonds is 3. The number of hydrogen-bond acceptors (Lipinski definition) is 3. The number of esters is 1. The molecule has 8 heteroatoms. The summed E-state index contributed by atoms with van der Waals surface area (Å²) < 4.78 is 44.6. The van der Waals surface area contributed by atoms with Gasteiger partial charge in [-0.25, -0.2) is 4.79 Å². The maximum atomic E-state index is 13.3. The molecule has 1 aliphatic heterocycles. The summed E-state index contributed by atoms with van der Waals surface area (Å²) in [5.41, 5.74) is -2.96. The van der Waals surface area contributed by atoms with Crippen LogP contribution in [0.25, 0.3) is 0 Å². The highest BCUT2D eigenvalue weighted by Gasteiger charge is 2.67. The highest BCUT2D eigenvalue weighted by atomic mass is 79.9. The van der Waals surface area contributed by atoms with Gasteiger partial charge < -0.3 is 10.1 Å². The predicted octanol–water partition coefficient (Wildman–Crippen LogP) is 2.43. The molecule has 1 N–H and O–H groups in total. The Morgan fingerprint density at radius 3 is 2.48 bits per heavy atom. The van der Waals surface area contributed by atoms with Gasteiger partial charge in [0.05, 0.1) is 0 Å². The molecule has 1 fully saturated rings. The van der Waals surface area contributed by atoms with E-state index in [0.29, 0.717) is 0 Å². The number of carbonyl (C=O) groups is 2. The third-order valence-corrected chi connectivity index (χ3v) is 3.90. The lowest BCUT2D eigenvalue weighted by Gasteiger charge is -2.28. The fourth-order valence-corrected chi connectivity index (χ4v) is 2.43. The second-order valence-corrected chi connectivity index (χ2v) is 5.26. The molecule has 0 spiro atoms. The minimum Gasteiger partial charge on any atom is -0.459 e. The molecule has 1 heterocycles. The quantitative estimate of drug-likeness (QED) is 0.661. The molecule has 0 aliphatic carbocycles. The second kappa shape index (κ2) is 5.67. The number of halogens is 4. The molecule has 1 aliphatic rings. The van der Waals surface area contributed by atoms with E-state index in [1.54, 1.807) is 11.4 Å². The highest BCUT2D eigenvalue weighted by molar-refractivity contribution is 9.09. The predicted molar refractivity (Wildman–Crippen MR) is 71.0 cm³/mol. The SMILES string of the molecule is O=C(NC1(C(F)(F)F)CC(CBr)OC1=O)c1ccccc1. The van der Waals surface area contributed by atoms with E-state index in [0.717, 1.165) is 0 Å². The lowest BCUT2D eigenvalue weighted by Crippen LogP contribution is -2.62. The van der Waals surface area contributed by atoms with Crippen LogP contribution in [0.4, 0.5) is 13.2 Å². The summed E-state index contributed by atoms with van der Waals surface area (Å²) in [7, 11) is 0. The molecule has 1 aromatic rings. The third-order valence-electron chi connectivity index (χ3n) is 3.17. The topological polar surface area (TPSA) is 55.4 Å². The molecule has 4 nitrogen and oxygen atoms in total. The first-order chi connectivity index (χ1) is 9.80. The number of amides is 1. The molecule has 0 saturated carbocycles. The van der Waals surface area contributed by atoms with Crippen molar-refractivity contribution >= 4 is 27.8 Å². The van der Waals surface area contributed by atoms with Gasteiger partial charge in [-0.05, 0) is 12.1 Å². The van der Waals surface area contributed by atoms with Crippen molar-refractivity contribution in [1.82, 2.24) is 5.32 Å². The first-order valence-corrected chi connectivity index (χ1v) is 7.13. The second-order valence-electron chi connectivity index (χ2n) is 4.61. The highest BCUT2D eigenvalue weighted by Crippen LogP contribution is 2.40. The van der Waals surface area contributed by atoms with E-state index >= 15 is 0 Å². The Kier molecular flexibility index (Phi) is 4.27. The summed E-state index contributed by atoms with van der Waals surface area (Å²) in [4.78, 5) is 23.7. The molecule has 0 bridgehead atoms. The molecule has 1 aromatic carbocycles. The zero-order chi connectivity index (χ0) is 15.7. The van der Waals surface area contributed by atoms with Crippen LogP contribution >= 0.6 is 15.9 Å². The van der Waals surface area contributed by atoms with Crippen molar-refractivity contribution in [3.63, 3.8) is 0 Å². The average Bonchev–Trinajstić information content (AvgIpc) is 2.77. The van der Waals surface area contributed by atoms with Gasteiger partial charge in [0.25, 0.3) is 5.91 Å². The summed E-state index contributed by atoms with van der Waals surface area (Å²) in [6.45, 7) is 0. The molecule has 0 radical (unpaired) electrons. The van der Waals surface area contributed by atoms with Gasteiger partial charge in [0.2, 0.25) is 5.54 Å². The van der Waals surface area contributed by atoms with Crippen molar-refractivity contribution in [2.75, 3.05) is 5.33 Å². The van der Waals surface area contributed by atoms with Gasteiger partial charge >= 0.3 is 12.1 Å². The standard InChI is InChI=1S/C13H11BrF3NO3/c14-7-9-6-12(11(20)21-9,13(15,16)17)18-10(19)8-4-2-1-3-5-8/h1-5,9H,6-7H2,(H,18,19). The van der Waals surface area contributed by atoms with Crippen molar-refractivity contribution in [3.05, 3.63) is 35.9 Å². The van der Waals surface area contributed by atoms with Crippen molar-refractivity contribution in [2.45, 2.75) is 24.2 Å². The fourth-order valence-electron chi connectivity index (χ4n) is 2.06. The van der Waals surface area contributed by atoms with Crippen molar-refractivity contribution in [2.24, 2.45) is 0 Å². The molecule has 1 saturated heterocycles. The van der Waals surface area contributed by atoms with Crippen LogP contribution in [0.3, 0.4) is 0 Å². The number of carbonyl (C=O) groups excluding carboxylic acids is 2. The molecule has 1 amide bonds. The van der Waals surface area contributed by atoms with Gasteiger partial charge in [0, 0.05) is 17.3 Å². The summed E-state index contributed by atoms with van der Waals surface area (Å²) in [5, 5.41) is 1.87. The number of benzene rings is 1. The maximum absolute atomic E-state index is 13.3. The van der Waals surface area contributed by atoms with Gasteiger partial charge in [-0.3, -0.25) is 4.79 Å². The van der Waals surface area contributed by atoms with Gasteiger partial charge in [-0.2, -0.15) is 13.2 Å². The van der Waals surface area contributed by atoms with Crippen molar-refractivity contribution in [1.29, 1.82) is 0 Å². The van der Waals surface area contributed by atoms with Crippen LogP contribution in [0.15, 0.2) is 30.3 Å². The number of hydrogen-bond donors (Lipinski definition) is 1. The Morgan fingerprint density at radius 1 is 1.38 bits per heavy atom. The molecule has 0 aromatic heterocycles. The zero-order valence-corrected chi connectivity index (χ0v) is 12.2. The van der Waals surface area contributed by atoms with Crippen LogP contribution < -0.4 is 5.32 Å². The van der Waals surface area contributed by atoms with E-state index in [-0.39, 0.29) is 10.9 Å². The average molecular weight is 366 g/mol. The zero-order valence-electron chi connectivity index (χ0n) is 10.6. The monoisotopic (exact) mass is 365 g/mol. The van der Waals surface area contributed by atoms with Crippen LogP contribution in [-0.2, 0) is 9.53 Å². The van der Waals surface area contributed by atoms with Crippen LogP contribution in [0.5, 0.6) is 0 Å². The lowest BCUT2D eigenvalue weighted by molar-refractivity contribution is -0.198. The lowest BCUT2D eigenvalue weighted by atomic mass is 9.94. The molecule has 21 heavy (non-hydrogen) atoms. The van der Waals surface area contributed by atoms with Gasteiger partial charge in [0.1, 0.15) is 6.10 Å². The van der Waals surface area contributed by atoms with Crippen molar-refractivity contribution in [3.8, 4) is 0 Å². The number of alkyl halides is 4. The third kappa shape index (κ3) is 2.90. The van der Waals surface area contributed by atoms with E-state index in [4.69, 9.17) is 0 Å². The summed E-state index contributed by atoms with van der Waals surface area (Å²) in [6.07, 6.45) is -6.53. The van der Waals surface area contributed by atoms with E-state index in [1.165, 1.54) is 24.3 Å². The molecular formula is C13H11BrF3NO3. The smallest absolute Gasteiger partial charge is 0.422 e. The van der Waals surface area contributed by atoms with Crippen LogP contribution in [0.2, 0.25) is 0 Å². The minimum absolute atomic E-state index is 0.0382. The normalized spacial score (nSPS) is 25.5. The molecule has 2 atom stereocenters. The van der Waals surface area contributed by atoms with Gasteiger partial charge in [-0.1, -0.05) is 34.1 Å². The van der Waals surface area contributed by atoms with Gasteiger partial charge in [0.15, 0.2) is 0 Å². The number of cyclic esters (lactones) is 1. The van der Waals surface area contributed by atoms with E-state index in [2.05, 4.69) is 20.7 Å². The summed E-state index contributed by atoms with van der Waals surface area (Å²) >= 11 is 2.98. The first kappa shape index (κ1) is 15.8. The summed E-state index contributed by atoms with van der Waals surface area (Å²) in [6, 6.07) is 7.39. The minimum atomic E-state index is -4.94. The van der Waals surface area contributed by atoms with E-state index in [9.17, 15) is 22.8 Å². The largest absolute Gasteiger partial charge is 0.459 e. The number of nitrogens with one attached hydrogen (secondary N) is 1. The van der Waals surface area contributed by atoms with Gasteiger partial charge in [-0.15, -0.1) is 0 Å². The Bertz CT molecular complexity index is 549. The Labute approximate surface area is 126 Å². The molecule has 2 unspecified atom stereocenters. The Balaban J connectivity index is 2.31. The molecule has 2 rings (SSSR count). The van der Waals surface area contributed by atoms with E-state index in [1.807, 2.05) is 0 Å². The maximum Gasteiger partial charge on any atom is 0.422 e. The van der Waals surface area contributed by atoms with Crippen LogP contribution in [0.1, 0.15) is 16.8 Å². The Morgan fingerprint density at radius 2 is 2.00 bits per heavy atom. The van der Waals surface area contributed by atoms with Crippen LogP contribution in [0, 0.1) is 0 Å². The first-order valence-electron chi connectivity index (χ1n) is 6.01. The molecule has 114 valence electrons. The van der Waals surface area contributed by atoms with Crippen LogP contribution in [-0.4, -0.2) is 35.0 Å². The summed E-state index contributed by atoms with van der Waals surface area (Å²) in [5.74, 6) is -2.45.